The van der Waals surface area contributed by atoms with E-state index in [9.17, 15) is 19.5 Å². The van der Waals surface area contributed by atoms with E-state index in [1.54, 1.807) is 4.90 Å². The Kier molecular flexibility index (Phi) is 3.78. The Morgan fingerprint density at radius 3 is 2.63 bits per heavy atom. The summed E-state index contributed by atoms with van der Waals surface area (Å²) in [4.78, 5) is 38.4. The molecule has 2 rings (SSSR count). The molecule has 0 radical (unpaired) electrons. The second-order valence-corrected chi connectivity index (χ2v) is 5.41. The van der Waals surface area contributed by atoms with Crippen LogP contribution in [0.25, 0.3) is 0 Å². The summed E-state index contributed by atoms with van der Waals surface area (Å²) < 4.78 is 0. The van der Waals surface area contributed by atoms with Gasteiger partial charge in [-0.05, 0) is 19.3 Å². The predicted molar refractivity (Wildman–Crippen MR) is 67.3 cm³/mol. The molecule has 2 amide bonds. The molecule has 3 atom stereocenters. The first kappa shape index (κ1) is 13.8. The topological polar surface area (TPSA) is 77.9 Å². The first-order chi connectivity index (χ1) is 8.95. The number of carbonyl (C=O) groups is 3. The quantitative estimate of drug-likeness (QED) is 0.792. The summed E-state index contributed by atoms with van der Waals surface area (Å²) >= 11 is 0. The summed E-state index contributed by atoms with van der Waals surface area (Å²) in [6.07, 6.45) is 0.921. The molecule has 2 fully saturated rings. The minimum Gasteiger partial charge on any atom is -0.480 e. The van der Waals surface area contributed by atoms with Crippen molar-refractivity contribution in [3.63, 3.8) is 0 Å². The summed E-state index contributed by atoms with van der Waals surface area (Å²) in [6.45, 7) is 5.23. The molecule has 19 heavy (non-hydrogen) atoms. The lowest BCUT2D eigenvalue weighted by Gasteiger charge is -2.26. The van der Waals surface area contributed by atoms with E-state index in [1.807, 2.05) is 13.8 Å². The summed E-state index contributed by atoms with van der Waals surface area (Å²) in [5, 5.41) is 9.22. The molecule has 6 heteroatoms. The average molecular weight is 268 g/mol. The molecule has 0 aromatic rings. The van der Waals surface area contributed by atoms with Gasteiger partial charge in [-0.1, -0.05) is 6.92 Å². The maximum atomic E-state index is 12.4. The molecule has 0 bridgehead atoms. The third kappa shape index (κ3) is 2.43. The van der Waals surface area contributed by atoms with E-state index < -0.39 is 12.0 Å². The number of amides is 2. The van der Waals surface area contributed by atoms with Gasteiger partial charge in [0.2, 0.25) is 11.8 Å². The zero-order valence-electron chi connectivity index (χ0n) is 11.3. The smallest absolute Gasteiger partial charge is 0.326 e. The molecule has 2 heterocycles. The highest BCUT2D eigenvalue weighted by molar-refractivity contribution is 5.91. The maximum absolute atomic E-state index is 12.4. The summed E-state index contributed by atoms with van der Waals surface area (Å²) in [6, 6.07) is -0.738. The van der Waals surface area contributed by atoms with E-state index in [0.717, 1.165) is 0 Å². The molecule has 0 aromatic carbocycles. The Morgan fingerprint density at radius 2 is 2.11 bits per heavy atom. The summed E-state index contributed by atoms with van der Waals surface area (Å²) in [7, 11) is 0. The SMILES string of the molecule is CCN1CC(C(=O)N2CCC(C)C2C(=O)O)CC1=O. The van der Waals surface area contributed by atoms with Gasteiger partial charge in [-0.3, -0.25) is 9.59 Å². The second kappa shape index (κ2) is 5.19. The van der Waals surface area contributed by atoms with Crippen molar-refractivity contribution < 1.29 is 19.5 Å². The standard InChI is InChI=1S/C13H20N2O4/c1-3-14-7-9(6-10(14)16)12(17)15-5-4-8(2)11(15)13(18)19/h8-9,11H,3-7H2,1-2H3,(H,18,19). The van der Waals surface area contributed by atoms with Crippen molar-refractivity contribution in [1.29, 1.82) is 0 Å². The van der Waals surface area contributed by atoms with Crippen molar-refractivity contribution in [2.45, 2.75) is 32.7 Å². The number of likely N-dealkylation sites (tertiary alicyclic amines) is 2. The van der Waals surface area contributed by atoms with Crippen LogP contribution in [0.5, 0.6) is 0 Å². The normalized spacial score (nSPS) is 31.1. The number of hydrogen-bond donors (Lipinski definition) is 1. The molecule has 106 valence electrons. The largest absolute Gasteiger partial charge is 0.480 e. The average Bonchev–Trinajstić information content (AvgIpc) is 2.91. The summed E-state index contributed by atoms with van der Waals surface area (Å²) in [5.41, 5.74) is 0. The fraction of sp³-hybridized carbons (Fsp3) is 0.769. The van der Waals surface area contributed by atoms with Crippen molar-refractivity contribution >= 4 is 17.8 Å². The number of carboxylic acids is 1. The van der Waals surface area contributed by atoms with Gasteiger partial charge < -0.3 is 14.9 Å². The van der Waals surface area contributed by atoms with E-state index in [2.05, 4.69) is 0 Å². The van der Waals surface area contributed by atoms with Crippen molar-refractivity contribution in [3.8, 4) is 0 Å². The molecule has 2 saturated heterocycles. The Morgan fingerprint density at radius 1 is 1.42 bits per heavy atom. The number of rotatable bonds is 3. The van der Waals surface area contributed by atoms with Gasteiger partial charge in [-0.2, -0.15) is 0 Å². The van der Waals surface area contributed by atoms with Gasteiger partial charge in [0.15, 0.2) is 0 Å². The highest BCUT2D eigenvalue weighted by Gasteiger charge is 2.44. The van der Waals surface area contributed by atoms with Crippen LogP contribution in [0, 0.1) is 11.8 Å². The molecule has 1 N–H and O–H groups in total. The van der Waals surface area contributed by atoms with Crippen LogP contribution in [0.2, 0.25) is 0 Å². The van der Waals surface area contributed by atoms with Gasteiger partial charge in [-0.25, -0.2) is 4.79 Å². The Balaban J connectivity index is 2.08. The number of nitrogens with zero attached hydrogens (tertiary/aromatic N) is 2. The summed E-state index contributed by atoms with van der Waals surface area (Å²) in [5.74, 6) is -1.54. The Labute approximate surface area is 112 Å². The molecule has 2 aliphatic rings. The van der Waals surface area contributed by atoms with E-state index >= 15 is 0 Å². The van der Waals surface area contributed by atoms with Gasteiger partial charge in [0.1, 0.15) is 6.04 Å². The maximum Gasteiger partial charge on any atom is 0.326 e. The molecule has 3 unspecified atom stereocenters. The molecule has 0 aromatic heterocycles. The van der Waals surface area contributed by atoms with Crippen LogP contribution in [-0.4, -0.2) is 58.4 Å². The second-order valence-electron chi connectivity index (χ2n) is 5.41. The third-order valence-corrected chi connectivity index (χ3v) is 4.18. The molecule has 0 saturated carbocycles. The molecular formula is C13H20N2O4. The minimum absolute atomic E-state index is 0.0139. The molecular weight excluding hydrogens is 248 g/mol. The zero-order chi connectivity index (χ0) is 14.2. The molecule has 0 spiro atoms. The van der Waals surface area contributed by atoms with E-state index in [0.29, 0.717) is 26.1 Å². The van der Waals surface area contributed by atoms with Gasteiger partial charge >= 0.3 is 5.97 Å². The van der Waals surface area contributed by atoms with Crippen LogP contribution in [0.1, 0.15) is 26.7 Å². The highest BCUT2D eigenvalue weighted by atomic mass is 16.4. The minimum atomic E-state index is -0.949. The number of carboxylic acid groups (broad SMARTS) is 1. The van der Waals surface area contributed by atoms with Crippen LogP contribution in [0.15, 0.2) is 0 Å². The van der Waals surface area contributed by atoms with E-state index in [-0.39, 0.29) is 30.1 Å². The van der Waals surface area contributed by atoms with Gasteiger partial charge in [-0.15, -0.1) is 0 Å². The first-order valence-electron chi connectivity index (χ1n) is 6.76. The van der Waals surface area contributed by atoms with Gasteiger partial charge in [0.05, 0.1) is 5.92 Å². The van der Waals surface area contributed by atoms with Crippen LogP contribution in [0.4, 0.5) is 0 Å². The fourth-order valence-electron chi connectivity index (χ4n) is 3.05. The van der Waals surface area contributed by atoms with Crippen molar-refractivity contribution in [3.05, 3.63) is 0 Å². The van der Waals surface area contributed by atoms with Gasteiger partial charge in [0.25, 0.3) is 0 Å². The van der Waals surface area contributed by atoms with Crippen LogP contribution in [-0.2, 0) is 14.4 Å². The lowest BCUT2D eigenvalue weighted by molar-refractivity contribution is -0.150. The Hall–Kier alpha value is -1.59. The number of aliphatic carboxylic acids is 1. The van der Waals surface area contributed by atoms with Crippen molar-refractivity contribution in [2.24, 2.45) is 11.8 Å². The van der Waals surface area contributed by atoms with E-state index in [4.69, 9.17) is 0 Å². The van der Waals surface area contributed by atoms with Crippen LogP contribution >= 0.6 is 0 Å². The fourth-order valence-corrected chi connectivity index (χ4v) is 3.05. The van der Waals surface area contributed by atoms with Gasteiger partial charge in [0, 0.05) is 26.1 Å². The van der Waals surface area contributed by atoms with Crippen molar-refractivity contribution in [2.75, 3.05) is 19.6 Å². The first-order valence-corrected chi connectivity index (χ1v) is 6.76. The lowest BCUT2D eigenvalue weighted by atomic mass is 10.0. The number of carbonyl (C=O) groups excluding carboxylic acids is 2. The third-order valence-electron chi connectivity index (χ3n) is 4.18. The lowest BCUT2D eigenvalue weighted by Crippen LogP contribution is -2.45. The molecule has 2 aliphatic heterocycles. The predicted octanol–water partition coefficient (Wildman–Crippen LogP) is 0.176. The van der Waals surface area contributed by atoms with Crippen LogP contribution < -0.4 is 0 Å². The number of hydrogen-bond acceptors (Lipinski definition) is 3. The zero-order valence-corrected chi connectivity index (χ0v) is 11.3. The van der Waals surface area contributed by atoms with Crippen molar-refractivity contribution in [1.82, 2.24) is 9.80 Å². The Bertz CT molecular complexity index is 409. The molecule has 0 aliphatic carbocycles. The molecule has 6 nitrogen and oxygen atoms in total. The highest BCUT2D eigenvalue weighted by Crippen LogP contribution is 2.28. The van der Waals surface area contributed by atoms with Crippen LogP contribution in [0.3, 0.4) is 0 Å². The monoisotopic (exact) mass is 268 g/mol. The van der Waals surface area contributed by atoms with E-state index in [1.165, 1.54) is 4.90 Å².